The monoisotopic (exact) mass is 381 g/mol. The molecule has 2 heterocycles. The molecule has 0 radical (unpaired) electrons. The maximum atomic E-state index is 12.3. The molecule has 1 amide bonds. The van der Waals surface area contributed by atoms with Gasteiger partial charge in [-0.05, 0) is 56.4 Å². The molecule has 1 fully saturated rings. The second-order valence-corrected chi connectivity index (χ2v) is 7.64. The standard InChI is InChI=1S/C22H31N5O/c1-4-5-12-23-22(28)20-15-21(25-17(3)24-20)26-18-6-8-19(9-7-18)27-13-10-16(2)11-14-27/h6-9,15-16H,4-5,10-14H2,1-3H3,(H,23,28)(H,24,25,26). The molecule has 0 spiro atoms. The summed E-state index contributed by atoms with van der Waals surface area (Å²) in [7, 11) is 0. The molecule has 1 aliphatic heterocycles. The van der Waals surface area contributed by atoms with Crippen molar-refractivity contribution in [3.63, 3.8) is 0 Å². The van der Waals surface area contributed by atoms with E-state index >= 15 is 0 Å². The van der Waals surface area contributed by atoms with Crippen molar-refractivity contribution in [3.05, 3.63) is 41.9 Å². The molecule has 3 rings (SSSR count). The lowest BCUT2D eigenvalue weighted by Crippen LogP contribution is -2.32. The Labute approximate surface area is 167 Å². The Morgan fingerprint density at radius 3 is 2.57 bits per heavy atom. The number of nitrogens with zero attached hydrogens (tertiary/aromatic N) is 3. The van der Waals surface area contributed by atoms with Crippen LogP contribution in [0.1, 0.15) is 55.8 Å². The van der Waals surface area contributed by atoms with Gasteiger partial charge in [-0.1, -0.05) is 20.3 Å². The molecule has 0 atom stereocenters. The summed E-state index contributed by atoms with van der Waals surface area (Å²) in [6, 6.07) is 10.1. The number of aromatic nitrogens is 2. The fraction of sp³-hybridized carbons (Fsp3) is 0.500. The maximum Gasteiger partial charge on any atom is 0.270 e. The van der Waals surface area contributed by atoms with Crippen LogP contribution in [-0.4, -0.2) is 35.5 Å². The number of piperidine rings is 1. The van der Waals surface area contributed by atoms with Gasteiger partial charge in [-0.25, -0.2) is 9.97 Å². The third-order valence-corrected chi connectivity index (χ3v) is 5.17. The first-order valence-electron chi connectivity index (χ1n) is 10.3. The number of aryl methyl sites for hydroxylation is 1. The van der Waals surface area contributed by atoms with Crippen molar-refractivity contribution in [1.29, 1.82) is 0 Å². The zero-order chi connectivity index (χ0) is 19.9. The minimum absolute atomic E-state index is 0.156. The van der Waals surface area contributed by atoms with Gasteiger partial charge in [0.25, 0.3) is 5.91 Å². The lowest BCUT2D eigenvalue weighted by atomic mass is 9.99. The Kier molecular flexibility index (Phi) is 6.85. The molecule has 0 saturated carbocycles. The predicted molar refractivity (Wildman–Crippen MR) is 114 cm³/mol. The molecular formula is C22H31N5O. The molecule has 1 saturated heterocycles. The summed E-state index contributed by atoms with van der Waals surface area (Å²) in [5, 5.41) is 6.20. The molecule has 0 bridgehead atoms. The predicted octanol–water partition coefficient (Wildman–Crippen LogP) is 4.29. The molecule has 2 N–H and O–H groups in total. The smallest absolute Gasteiger partial charge is 0.270 e. The first-order chi connectivity index (χ1) is 13.5. The van der Waals surface area contributed by atoms with Gasteiger partial charge in [-0.3, -0.25) is 4.79 Å². The largest absolute Gasteiger partial charge is 0.372 e. The number of unbranched alkanes of at least 4 members (excludes halogenated alkanes) is 1. The number of carbonyl (C=O) groups is 1. The van der Waals surface area contributed by atoms with Gasteiger partial charge in [0.05, 0.1) is 0 Å². The fourth-order valence-electron chi connectivity index (χ4n) is 3.39. The van der Waals surface area contributed by atoms with Crippen LogP contribution >= 0.6 is 0 Å². The summed E-state index contributed by atoms with van der Waals surface area (Å²) in [4.78, 5) is 23.4. The minimum atomic E-state index is -0.156. The highest BCUT2D eigenvalue weighted by molar-refractivity contribution is 5.93. The number of rotatable bonds is 7. The van der Waals surface area contributed by atoms with E-state index in [9.17, 15) is 4.79 Å². The Balaban J connectivity index is 1.65. The van der Waals surface area contributed by atoms with Gasteiger partial charge in [-0.15, -0.1) is 0 Å². The summed E-state index contributed by atoms with van der Waals surface area (Å²) in [6.45, 7) is 9.13. The van der Waals surface area contributed by atoms with Crippen LogP contribution in [0.3, 0.4) is 0 Å². The second-order valence-electron chi connectivity index (χ2n) is 7.64. The lowest BCUT2D eigenvalue weighted by molar-refractivity contribution is 0.0948. The highest BCUT2D eigenvalue weighted by Gasteiger charge is 2.16. The Bertz CT molecular complexity index is 782. The SMILES string of the molecule is CCCCNC(=O)c1cc(Nc2ccc(N3CCC(C)CC3)cc2)nc(C)n1. The van der Waals surface area contributed by atoms with Crippen molar-refractivity contribution < 1.29 is 4.79 Å². The van der Waals surface area contributed by atoms with Crippen molar-refractivity contribution in [1.82, 2.24) is 15.3 Å². The number of anilines is 3. The van der Waals surface area contributed by atoms with Crippen LogP contribution in [0.25, 0.3) is 0 Å². The van der Waals surface area contributed by atoms with Crippen LogP contribution in [0, 0.1) is 12.8 Å². The molecule has 0 aliphatic carbocycles. The third kappa shape index (κ3) is 5.44. The number of nitrogens with one attached hydrogen (secondary N) is 2. The summed E-state index contributed by atoms with van der Waals surface area (Å²) >= 11 is 0. The fourth-order valence-corrected chi connectivity index (χ4v) is 3.39. The Hall–Kier alpha value is -2.63. The summed E-state index contributed by atoms with van der Waals surface area (Å²) < 4.78 is 0. The van der Waals surface area contributed by atoms with Crippen molar-refractivity contribution >= 4 is 23.1 Å². The summed E-state index contributed by atoms with van der Waals surface area (Å²) in [5.41, 5.74) is 2.60. The molecule has 150 valence electrons. The van der Waals surface area contributed by atoms with Crippen LogP contribution in [0.4, 0.5) is 17.2 Å². The van der Waals surface area contributed by atoms with E-state index in [0.29, 0.717) is 23.9 Å². The normalized spacial score (nSPS) is 14.8. The first kappa shape index (κ1) is 20.1. The van der Waals surface area contributed by atoms with Crippen molar-refractivity contribution in [2.75, 3.05) is 29.9 Å². The van der Waals surface area contributed by atoms with E-state index in [-0.39, 0.29) is 5.91 Å². The van der Waals surface area contributed by atoms with Gasteiger partial charge >= 0.3 is 0 Å². The van der Waals surface area contributed by atoms with Crippen LogP contribution in [0.2, 0.25) is 0 Å². The first-order valence-corrected chi connectivity index (χ1v) is 10.3. The van der Waals surface area contributed by atoms with E-state index in [1.54, 1.807) is 13.0 Å². The van der Waals surface area contributed by atoms with Gasteiger partial charge in [-0.2, -0.15) is 0 Å². The molecular weight excluding hydrogens is 350 g/mol. The van der Waals surface area contributed by atoms with E-state index in [4.69, 9.17) is 0 Å². The highest BCUT2D eigenvalue weighted by atomic mass is 16.1. The highest BCUT2D eigenvalue weighted by Crippen LogP contribution is 2.25. The second kappa shape index (κ2) is 9.53. The lowest BCUT2D eigenvalue weighted by Gasteiger charge is -2.32. The van der Waals surface area contributed by atoms with Gasteiger partial charge < -0.3 is 15.5 Å². The Morgan fingerprint density at radius 1 is 1.18 bits per heavy atom. The molecule has 1 aromatic carbocycles. The average molecular weight is 382 g/mol. The minimum Gasteiger partial charge on any atom is -0.372 e. The zero-order valence-electron chi connectivity index (χ0n) is 17.2. The molecule has 2 aromatic rings. The van der Waals surface area contributed by atoms with Gasteiger partial charge in [0, 0.05) is 37.1 Å². The van der Waals surface area contributed by atoms with Crippen LogP contribution < -0.4 is 15.5 Å². The molecule has 1 aromatic heterocycles. The van der Waals surface area contributed by atoms with Gasteiger partial charge in [0.2, 0.25) is 0 Å². The average Bonchev–Trinajstić information content (AvgIpc) is 2.69. The number of hydrogen-bond acceptors (Lipinski definition) is 5. The van der Waals surface area contributed by atoms with E-state index < -0.39 is 0 Å². The van der Waals surface area contributed by atoms with Crippen molar-refractivity contribution in [3.8, 4) is 0 Å². The number of hydrogen-bond donors (Lipinski definition) is 2. The van der Waals surface area contributed by atoms with Crippen LogP contribution in [0.15, 0.2) is 30.3 Å². The van der Waals surface area contributed by atoms with E-state index in [1.807, 2.05) is 0 Å². The number of amides is 1. The molecule has 6 nitrogen and oxygen atoms in total. The zero-order valence-corrected chi connectivity index (χ0v) is 17.2. The van der Waals surface area contributed by atoms with E-state index in [2.05, 4.69) is 63.6 Å². The molecule has 28 heavy (non-hydrogen) atoms. The van der Waals surface area contributed by atoms with Crippen LogP contribution in [-0.2, 0) is 0 Å². The molecule has 0 unspecified atom stereocenters. The number of benzene rings is 1. The third-order valence-electron chi connectivity index (χ3n) is 5.17. The van der Waals surface area contributed by atoms with Crippen molar-refractivity contribution in [2.45, 2.75) is 46.5 Å². The van der Waals surface area contributed by atoms with E-state index in [1.165, 1.54) is 18.5 Å². The maximum absolute atomic E-state index is 12.3. The van der Waals surface area contributed by atoms with Crippen molar-refractivity contribution in [2.24, 2.45) is 5.92 Å². The topological polar surface area (TPSA) is 70.2 Å². The molecule has 1 aliphatic rings. The summed E-state index contributed by atoms with van der Waals surface area (Å²) in [6.07, 6.45) is 4.51. The quantitative estimate of drug-likeness (QED) is 0.700. The molecule has 6 heteroatoms. The Morgan fingerprint density at radius 2 is 1.89 bits per heavy atom. The van der Waals surface area contributed by atoms with Gasteiger partial charge in [0.15, 0.2) is 0 Å². The van der Waals surface area contributed by atoms with Gasteiger partial charge in [0.1, 0.15) is 17.3 Å². The van der Waals surface area contributed by atoms with E-state index in [0.717, 1.165) is 37.5 Å². The van der Waals surface area contributed by atoms with Crippen LogP contribution in [0.5, 0.6) is 0 Å². The summed E-state index contributed by atoms with van der Waals surface area (Å²) in [5.74, 6) is 1.88. The number of carbonyl (C=O) groups excluding carboxylic acids is 1.